The SMILES string of the molecule is CC(C)Oc1cc(-c2ncn[nH]2)cc(Cl)n1.CSC(=N)c1cc(Cl)nc(OC(C)C)c1.NCC=O. The van der Waals surface area contributed by atoms with Crippen molar-refractivity contribution in [2.45, 2.75) is 39.9 Å². The zero-order valence-electron chi connectivity index (χ0n) is 20.1. The van der Waals surface area contributed by atoms with Gasteiger partial charge in [0.1, 0.15) is 22.9 Å². The maximum absolute atomic E-state index is 9.05. The Morgan fingerprint density at radius 3 is 2.09 bits per heavy atom. The third-order valence-electron chi connectivity index (χ3n) is 3.51. The maximum Gasteiger partial charge on any atom is 0.215 e. The number of hydrogen-bond donors (Lipinski definition) is 3. The van der Waals surface area contributed by atoms with Crippen LogP contribution in [-0.2, 0) is 4.79 Å². The number of pyridine rings is 2. The van der Waals surface area contributed by atoms with Crippen molar-refractivity contribution in [2.75, 3.05) is 12.8 Å². The van der Waals surface area contributed by atoms with Crippen molar-refractivity contribution in [2.24, 2.45) is 5.73 Å². The summed E-state index contributed by atoms with van der Waals surface area (Å²) in [6.07, 6.45) is 4.03. The number of rotatable bonds is 7. The van der Waals surface area contributed by atoms with E-state index in [1.165, 1.54) is 18.1 Å². The summed E-state index contributed by atoms with van der Waals surface area (Å²) in [6, 6.07) is 6.86. The Labute approximate surface area is 218 Å². The van der Waals surface area contributed by atoms with Crippen molar-refractivity contribution in [3.63, 3.8) is 0 Å². The highest BCUT2D eigenvalue weighted by molar-refractivity contribution is 8.13. The number of nitrogens with zero attached hydrogens (tertiary/aromatic N) is 4. The first-order chi connectivity index (χ1) is 16.6. The lowest BCUT2D eigenvalue weighted by molar-refractivity contribution is -0.106. The number of aromatic amines is 1. The monoisotopic (exact) mass is 541 g/mol. The van der Waals surface area contributed by atoms with Gasteiger partial charge < -0.3 is 20.0 Å². The van der Waals surface area contributed by atoms with Gasteiger partial charge in [-0.25, -0.2) is 15.0 Å². The number of nitrogens with two attached hydrogens (primary N) is 1. The van der Waals surface area contributed by atoms with Crippen molar-refractivity contribution in [1.29, 1.82) is 5.41 Å². The molecule has 3 heterocycles. The van der Waals surface area contributed by atoms with Crippen LogP contribution in [-0.4, -0.2) is 61.5 Å². The van der Waals surface area contributed by atoms with Crippen LogP contribution in [0.15, 0.2) is 30.6 Å². The number of carbonyl (C=O) groups is 1. The van der Waals surface area contributed by atoms with E-state index in [2.05, 4.69) is 30.9 Å². The molecule has 10 nitrogen and oxygen atoms in total. The molecule has 0 amide bonds. The first-order valence-corrected chi connectivity index (χ1v) is 12.4. The molecule has 3 rings (SSSR count). The summed E-state index contributed by atoms with van der Waals surface area (Å²) in [5.74, 6) is 1.58. The van der Waals surface area contributed by atoms with Gasteiger partial charge in [-0.3, -0.25) is 10.5 Å². The summed E-state index contributed by atoms with van der Waals surface area (Å²) in [7, 11) is 0. The molecule has 0 aliphatic heterocycles. The van der Waals surface area contributed by atoms with E-state index in [9.17, 15) is 0 Å². The van der Waals surface area contributed by atoms with E-state index < -0.39 is 0 Å². The topological polar surface area (TPSA) is 153 Å². The highest BCUT2D eigenvalue weighted by Gasteiger charge is 2.08. The summed E-state index contributed by atoms with van der Waals surface area (Å²) < 4.78 is 10.9. The molecule has 4 N–H and O–H groups in total. The number of aldehydes is 1. The lowest BCUT2D eigenvalue weighted by Crippen LogP contribution is -2.08. The van der Waals surface area contributed by atoms with E-state index in [1.807, 2.05) is 34.0 Å². The van der Waals surface area contributed by atoms with Crippen molar-refractivity contribution >= 4 is 46.3 Å². The fourth-order valence-electron chi connectivity index (χ4n) is 2.28. The average molecular weight is 542 g/mol. The maximum atomic E-state index is 9.05. The Morgan fingerprint density at radius 1 is 1.09 bits per heavy atom. The van der Waals surface area contributed by atoms with Crippen LogP contribution in [0, 0.1) is 5.41 Å². The van der Waals surface area contributed by atoms with E-state index >= 15 is 0 Å². The highest BCUT2D eigenvalue weighted by Crippen LogP contribution is 2.23. The molecule has 0 aromatic carbocycles. The minimum absolute atomic E-state index is 0.0484. The Morgan fingerprint density at radius 2 is 1.63 bits per heavy atom. The Bertz CT molecular complexity index is 1070. The molecule has 0 saturated carbocycles. The smallest absolute Gasteiger partial charge is 0.215 e. The number of nitrogens with one attached hydrogen (secondary N) is 2. The second-order valence-electron chi connectivity index (χ2n) is 7.14. The number of halogens is 2. The summed E-state index contributed by atoms with van der Waals surface area (Å²) in [4.78, 5) is 21.2. The number of hydrogen-bond acceptors (Lipinski definition) is 10. The molecule has 0 radical (unpaired) electrons. The van der Waals surface area contributed by atoms with Crippen LogP contribution < -0.4 is 15.2 Å². The predicted octanol–water partition coefficient (Wildman–Crippen LogP) is 4.66. The minimum atomic E-state index is 0.0484. The van der Waals surface area contributed by atoms with E-state index in [0.717, 1.165) is 11.1 Å². The number of thioether (sulfide) groups is 1. The number of H-pyrrole nitrogens is 1. The Balaban J connectivity index is 0.000000305. The fourth-order valence-corrected chi connectivity index (χ4v) is 3.03. The molecule has 0 aliphatic carbocycles. The second kappa shape index (κ2) is 16.0. The molecule has 0 aliphatic rings. The summed E-state index contributed by atoms with van der Waals surface area (Å²) in [5.41, 5.74) is 6.19. The van der Waals surface area contributed by atoms with Crippen molar-refractivity contribution in [1.82, 2.24) is 25.1 Å². The zero-order chi connectivity index (χ0) is 26.4. The molecule has 0 spiro atoms. The van der Waals surface area contributed by atoms with Crippen LogP contribution in [0.2, 0.25) is 10.3 Å². The van der Waals surface area contributed by atoms with Crippen molar-refractivity contribution in [3.05, 3.63) is 46.5 Å². The van der Waals surface area contributed by atoms with Gasteiger partial charge in [0.2, 0.25) is 11.8 Å². The lowest BCUT2D eigenvalue weighted by atomic mass is 10.2. The molecule has 3 aromatic rings. The molecule has 0 saturated heterocycles. The van der Waals surface area contributed by atoms with E-state index in [4.69, 9.17) is 42.9 Å². The quantitative estimate of drug-likeness (QED) is 0.167. The van der Waals surface area contributed by atoms with Crippen molar-refractivity contribution < 1.29 is 14.3 Å². The van der Waals surface area contributed by atoms with E-state index in [-0.39, 0.29) is 18.8 Å². The van der Waals surface area contributed by atoms with E-state index in [1.54, 1.807) is 24.3 Å². The van der Waals surface area contributed by atoms with Crippen LogP contribution in [0.1, 0.15) is 33.3 Å². The van der Waals surface area contributed by atoms with Crippen LogP contribution in [0.5, 0.6) is 11.8 Å². The van der Waals surface area contributed by atoms with Gasteiger partial charge in [0, 0.05) is 29.8 Å². The third kappa shape index (κ3) is 12.0. The fraction of sp³-hybridized carbons (Fsp3) is 0.364. The predicted molar refractivity (Wildman–Crippen MR) is 141 cm³/mol. The summed E-state index contributed by atoms with van der Waals surface area (Å²) in [6.45, 7) is 7.83. The van der Waals surface area contributed by atoms with Gasteiger partial charge in [0.05, 0.1) is 17.3 Å². The summed E-state index contributed by atoms with van der Waals surface area (Å²) >= 11 is 13.1. The Hall–Kier alpha value is -2.73. The van der Waals surface area contributed by atoms with Crippen LogP contribution in [0.3, 0.4) is 0 Å². The lowest BCUT2D eigenvalue weighted by Gasteiger charge is -2.10. The van der Waals surface area contributed by atoms with Gasteiger partial charge in [-0.2, -0.15) is 5.10 Å². The second-order valence-corrected chi connectivity index (χ2v) is 8.73. The molecule has 13 heteroatoms. The molecule has 0 atom stereocenters. The molecule has 0 bridgehead atoms. The molecular weight excluding hydrogens is 513 g/mol. The van der Waals surface area contributed by atoms with E-state index in [0.29, 0.717) is 39.2 Å². The molecule has 0 fully saturated rings. The third-order valence-corrected chi connectivity index (χ3v) is 4.54. The summed E-state index contributed by atoms with van der Waals surface area (Å²) in [5, 5.41) is 15.4. The highest BCUT2D eigenvalue weighted by atomic mass is 35.5. The van der Waals surface area contributed by atoms with Crippen LogP contribution in [0.4, 0.5) is 0 Å². The molecular formula is C22H29Cl2N7O3S. The van der Waals surface area contributed by atoms with Crippen LogP contribution >= 0.6 is 35.0 Å². The van der Waals surface area contributed by atoms with Gasteiger partial charge in [-0.1, -0.05) is 23.2 Å². The van der Waals surface area contributed by atoms with Crippen LogP contribution in [0.25, 0.3) is 11.4 Å². The molecule has 0 unspecified atom stereocenters. The first-order valence-electron chi connectivity index (χ1n) is 10.4. The largest absolute Gasteiger partial charge is 0.475 e. The average Bonchev–Trinajstić information content (AvgIpc) is 3.32. The van der Waals surface area contributed by atoms with Gasteiger partial charge in [0.15, 0.2) is 5.82 Å². The minimum Gasteiger partial charge on any atom is -0.475 e. The molecule has 190 valence electrons. The number of carbonyl (C=O) groups excluding carboxylic acids is 1. The normalized spacial score (nSPS) is 10.1. The Kier molecular flexibility index (Phi) is 13.9. The van der Waals surface area contributed by atoms with Gasteiger partial charge in [-0.15, -0.1) is 11.8 Å². The van der Waals surface area contributed by atoms with Gasteiger partial charge in [-0.05, 0) is 46.1 Å². The number of ether oxygens (including phenoxy) is 2. The zero-order valence-corrected chi connectivity index (χ0v) is 22.4. The van der Waals surface area contributed by atoms with Gasteiger partial charge >= 0.3 is 0 Å². The number of aromatic nitrogens is 5. The van der Waals surface area contributed by atoms with Gasteiger partial charge in [0.25, 0.3) is 0 Å². The first kappa shape index (κ1) is 30.3. The molecule has 35 heavy (non-hydrogen) atoms. The molecule has 3 aromatic heterocycles. The van der Waals surface area contributed by atoms with Crippen molar-refractivity contribution in [3.8, 4) is 23.1 Å². The standard InChI is InChI=1S/C10H11ClN4O.C10H13ClN2OS.C2H5NO/c1-6(2)16-9-4-7(3-8(11)14-9)10-12-5-13-15-10;1-6(2)14-9-5-7(10(12)15-3)4-8(11)13-9;3-1-2-4/h3-6H,1-2H3,(H,12,13,15);4-6,12H,1-3H3;2H,1,3H2.